The third-order valence-electron chi connectivity index (χ3n) is 4.37. The normalized spacial score (nSPS) is 17.3. The van der Waals surface area contributed by atoms with Crippen LogP contribution in [0.5, 0.6) is 0 Å². The van der Waals surface area contributed by atoms with Crippen LogP contribution in [0.25, 0.3) is 0 Å². The van der Waals surface area contributed by atoms with Crippen molar-refractivity contribution < 1.29 is 4.79 Å². The van der Waals surface area contributed by atoms with Gasteiger partial charge in [0.15, 0.2) is 5.78 Å². The van der Waals surface area contributed by atoms with Crippen LogP contribution in [0.2, 0.25) is 0 Å². The molecule has 4 nitrogen and oxygen atoms in total. The second-order valence-electron chi connectivity index (χ2n) is 5.69. The highest BCUT2D eigenvalue weighted by atomic mass is 16.1. The first kappa shape index (κ1) is 13.7. The molecule has 0 saturated heterocycles. The van der Waals surface area contributed by atoms with Crippen LogP contribution in [0.1, 0.15) is 52.0 Å². The third-order valence-corrected chi connectivity index (χ3v) is 4.37. The molecule has 1 atom stereocenters. The zero-order valence-corrected chi connectivity index (χ0v) is 12.3. The molecule has 108 valence electrons. The number of aromatic nitrogens is 2. The van der Waals surface area contributed by atoms with E-state index in [0.29, 0.717) is 11.5 Å². The summed E-state index contributed by atoms with van der Waals surface area (Å²) in [5.74, 6) is 0.278. The molecule has 1 aliphatic rings. The standard InChI is InChI=1S/C17H18N2O2/c1-10-15-9-13(12-5-7-18-8-6-12)3-4-14(15)16(11(2)20)17(21)19-10/h5-8,13H,3-4,9H2,1-2H3,(H,19,21). The molecule has 0 radical (unpaired) electrons. The number of hydrogen-bond donors (Lipinski definition) is 1. The topological polar surface area (TPSA) is 62.8 Å². The number of fused-ring (bicyclic) bond motifs is 1. The minimum atomic E-state index is -0.249. The van der Waals surface area contributed by atoms with Crippen molar-refractivity contribution >= 4 is 5.78 Å². The molecular weight excluding hydrogens is 264 g/mol. The van der Waals surface area contributed by atoms with Crippen LogP contribution in [0.3, 0.4) is 0 Å². The van der Waals surface area contributed by atoms with Crippen molar-refractivity contribution in [3.63, 3.8) is 0 Å². The van der Waals surface area contributed by atoms with Crippen molar-refractivity contribution in [2.75, 3.05) is 0 Å². The summed E-state index contributed by atoms with van der Waals surface area (Å²) in [6.45, 7) is 3.38. The van der Waals surface area contributed by atoms with Crippen LogP contribution in [0, 0.1) is 6.92 Å². The number of rotatable bonds is 2. The highest BCUT2D eigenvalue weighted by Crippen LogP contribution is 2.34. The third kappa shape index (κ3) is 2.42. The smallest absolute Gasteiger partial charge is 0.259 e. The number of hydrogen-bond acceptors (Lipinski definition) is 3. The molecule has 21 heavy (non-hydrogen) atoms. The van der Waals surface area contributed by atoms with Gasteiger partial charge in [-0.2, -0.15) is 0 Å². The van der Waals surface area contributed by atoms with Gasteiger partial charge < -0.3 is 4.98 Å². The number of pyridine rings is 2. The van der Waals surface area contributed by atoms with Crippen LogP contribution in [0.4, 0.5) is 0 Å². The minimum absolute atomic E-state index is 0.144. The summed E-state index contributed by atoms with van der Waals surface area (Å²) < 4.78 is 0. The number of ketones is 1. The fraction of sp³-hybridized carbons (Fsp3) is 0.353. The fourth-order valence-electron chi connectivity index (χ4n) is 3.33. The van der Waals surface area contributed by atoms with Crippen molar-refractivity contribution in [1.82, 2.24) is 9.97 Å². The molecule has 2 aromatic heterocycles. The molecule has 1 unspecified atom stereocenters. The van der Waals surface area contributed by atoms with Gasteiger partial charge in [0.25, 0.3) is 5.56 Å². The Bertz CT molecular complexity index is 747. The number of nitrogens with zero attached hydrogens (tertiary/aromatic N) is 1. The van der Waals surface area contributed by atoms with E-state index in [9.17, 15) is 9.59 Å². The Kier molecular flexibility index (Phi) is 3.45. The van der Waals surface area contributed by atoms with Crippen molar-refractivity contribution in [1.29, 1.82) is 0 Å². The molecule has 0 aliphatic heterocycles. The molecule has 0 spiro atoms. The lowest BCUT2D eigenvalue weighted by molar-refractivity contribution is 0.101. The minimum Gasteiger partial charge on any atom is -0.326 e. The van der Waals surface area contributed by atoms with Gasteiger partial charge in [-0.3, -0.25) is 14.6 Å². The van der Waals surface area contributed by atoms with E-state index in [0.717, 1.165) is 36.1 Å². The summed E-state index contributed by atoms with van der Waals surface area (Å²) in [5, 5.41) is 0. The summed E-state index contributed by atoms with van der Waals surface area (Å²) in [6, 6.07) is 4.09. The van der Waals surface area contributed by atoms with Crippen molar-refractivity contribution in [3.05, 3.63) is 62.8 Å². The van der Waals surface area contributed by atoms with Crippen LogP contribution in [0.15, 0.2) is 29.3 Å². The molecular formula is C17H18N2O2. The first-order chi connectivity index (χ1) is 10.1. The summed E-state index contributed by atoms with van der Waals surface area (Å²) in [7, 11) is 0. The van der Waals surface area contributed by atoms with E-state index in [4.69, 9.17) is 0 Å². The quantitative estimate of drug-likeness (QED) is 0.861. The Hall–Kier alpha value is -2.23. The van der Waals surface area contributed by atoms with Crippen molar-refractivity contribution in [2.45, 2.75) is 39.0 Å². The van der Waals surface area contributed by atoms with E-state index in [2.05, 4.69) is 9.97 Å². The van der Waals surface area contributed by atoms with Gasteiger partial charge >= 0.3 is 0 Å². The number of aryl methyl sites for hydroxylation is 1. The molecule has 3 rings (SSSR count). The molecule has 0 amide bonds. The summed E-state index contributed by atoms with van der Waals surface area (Å²) in [4.78, 5) is 30.7. The number of carbonyl (C=O) groups is 1. The lowest BCUT2D eigenvalue weighted by atomic mass is 9.78. The Morgan fingerprint density at radius 3 is 2.67 bits per heavy atom. The zero-order valence-electron chi connectivity index (χ0n) is 12.3. The maximum absolute atomic E-state index is 12.0. The molecule has 2 heterocycles. The Morgan fingerprint density at radius 1 is 1.29 bits per heavy atom. The lowest BCUT2D eigenvalue weighted by Gasteiger charge is -2.27. The van der Waals surface area contributed by atoms with Gasteiger partial charge in [-0.05, 0) is 67.9 Å². The maximum Gasteiger partial charge on any atom is 0.259 e. The first-order valence-corrected chi connectivity index (χ1v) is 7.23. The SMILES string of the molecule is CC(=O)c1c2c(c(C)[nH]c1=O)CC(c1ccncc1)CC2. The largest absolute Gasteiger partial charge is 0.326 e. The Morgan fingerprint density at radius 2 is 2.00 bits per heavy atom. The Balaban J connectivity index is 2.06. The molecule has 0 aromatic carbocycles. The molecule has 0 saturated carbocycles. The van der Waals surface area contributed by atoms with Crippen molar-refractivity contribution in [3.8, 4) is 0 Å². The second-order valence-corrected chi connectivity index (χ2v) is 5.69. The van der Waals surface area contributed by atoms with Crippen molar-refractivity contribution in [2.24, 2.45) is 0 Å². The second kappa shape index (κ2) is 5.28. The Labute approximate surface area is 123 Å². The molecule has 0 bridgehead atoms. The van der Waals surface area contributed by atoms with E-state index in [-0.39, 0.29) is 11.3 Å². The van der Waals surface area contributed by atoms with Crippen LogP contribution < -0.4 is 5.56 Å². The van der Waals surface area contributed by atoms with Crippen LogP contribution in [-0.2, 0) is 12.8 Å². The molecule has 0 fully saturated rings. The van der Waals surface area contributed by atoms with Gasteiger partial charge in [0.05, 0.1) is 5.56 Å². The maximum atomic E-state index is 12.0. The molecule has 1 N–H and O–H groups in total. The average Bonchev–Trinajstić information content (AvgIpc) is 2.47. The number of H-pyrrole nitrogens is 1. The average molecular weight is 282 g/mol. The van der Waals surface area contributed by atoms with E-state index >= 15 is 0 Å². The zero-order chi connectivity index (χ0) is 15.0. The van der Waals surface area contributed by atoms with Crippen LogP contribution in [-0.4, -0.2) is 15.8 Å². The summed E-state index contributed by atoms with van der Waals surface area (Å²) in [5.41, 5.74) is 4.34. The predicted molar refractivity (Wildman–Crippen MR) is 80.8 cm³/mol. The lowest BCUT2D eigenvalue weighted by Crippen LogP contribution is -2.26. The number of nitrogens with one attached hydrogen (secondary N) is 1. The van der Waals surface area contributed by atoms with E-state index in [1.165, 1.54) is 12.5 Å². The van der Waals surface area contributed by atoms with E-state index in [1.807, 2.05) is 31.5 Å². The van der Waals surface area contributed by atoms with Gasteiger partial charge in [-0.25, -0.2) is 0 Å². The highest BCUT2D eigenvalue weighted by Gasteiger charge is 2.26. The summed E-state index contributed by atoms with van der Waals surface area (Å²) in [6.07, 6.45) is 6.22. The molecule has 4 heteroatoms. The number of Topliss-reactive ketones (excluding diaryl/α,β-unsaturated/α-hetero) is 1. The van der Waals surface area contributed by atoms with E-state index in [1.54, 1.807) is 0 Å². The summed E-state index contributed by atoms with van der Waals surface area (Å²) >= 11 is 0. The number of aromatic amines is 1. The molecule has 1 aliphatic carbocycles. The van der Waals surface area contributed by atoms with Gasteiger partial charge in [0.1, 0.15) is 0 Å². The van der Waals surface area contributed by atoms with Gasteiger partial charge in [0.2, 0.25) is 0 Å². The fourth-order valence-corrected chi connectivity index (χ4v) is 3.33. The van der Waals surface area contributed by atoms with Gasteiger partial charge in [-0.1, -0.05) is 0 Å². The number of carbonyl (C=O) groups excluding carboxylic acids is 1. The predicted octanol–water partition coefficient (Wildman–Crippen LogP) is 2.55. The van der Waals surface area contributed by atoms with Gasteiger partial charge in [-0.15, -0.1) is 0 Å². The van der Waals surface area contributed by atoms with Crippen LogP contribution >= 0.6 is 0 Å². The monoisotopic (exact) mass is 282 g/mol. The highest BCUT2D eigenvalue weighted by molar-refractivity contribution is 5.95. The van der Waals surface area contributed by atoms with E-state index < -0.39 is 0 Å². The van der Waals surface area contributed by atoms with Gasteiger partial charge in [0, 0.05) is 18.1 Å². The molecule has 2 aromatic rings. The first-order valence-electron chi connectivity index (χ1n) is 7.23.